The molecule has 0 saturated carbocycles. The van der Waals surface area contributed by atoms with Gasteiger partial charge in [0.1, 0.15) is 17.6 Å². The average molecular weight is 243 g/mol. The summed E-state index contributed by atoms with van der Waals surface area (Å²) in [6, 6.07) is 9.81. The summed E-state index contributed by atoms with van der Waals surface area (Å²) in [7, 11) is 0. The van der Waals surface area contributed by atoms with Gasteiger partial charge >= 0.3 is 0 Å². The number of rotatable bonds is 1. The van der Waals surface area contributed by atoms with Crippen molar-refractivity contribution in [1.29, 1.82) is 0 Å². The van der Waals surface area contributed by atoms with Crippen LogP contribution in [0.2, 0.25) is 0 Å². The number of aromatic nitrogens is 1. The summed E-state index contributed by atoms with van der Waals surface area (Å²) >= 11 is 0. The Bertz CT molecular complexity index is 557. The van der Waals surface area contributed by atoms with E-state index < -0.39 is 6.10 Å². The van der Waals surface area contributed by atoms with Crippen LogP contribution in [0.25, 0.3) is 11.5 Å². The molecule has 0 bridgehead atoms. The molecule has 3 heteroatoms. The summed E-state index contributed by atoms with van der Waals surface area (Å²) in [6.45, 7) is 4.29. The lowest BCUT2D eigenvalue weighted by molar-refractivity contribution is 0.0905. The van der Waals surface area contributed by atoms with Crippen molar-refractivity contribution < 1.29 is 9.52 Å². The van der Waals surface area contributed by atoms with E-state index in [-0.39, 0.29) is 5.41 Å². The van der Waals surface area contributed by atoms with Gasteiger partial charge in [-0.1, -0.05) is 32.0 Å². The number of hydrogen-bond donors (Lipinski definition) is 1. The van der Waals surface area contributed by atoms with Gasteiger partial charge in [0, 0.05) is 12.0 Å². The first kappa shape index (κ1) is 11.5. The van der Waals surface area contributed by atoms with Crippen LogP contribution in [0.3, 0.4) is 0 Å². The third-order valence-corrected chi connectivity index (χ3v) is 3.45. The first-order chi connectivity index (χ1) is 8.55. The van der Waals surface area contributed by atoms with E-state index in [1.807, 2.05) is 30.3 Å². The Morgan fingerprint density at radius 3 is 2.72 bits per heavy atom. The molecule has 1 atom stereocenters. The van der Waals surface area contributed by atoms with Gasteiger partial charge in [-0.05, 0) is 24.0 Å². The van der Waals surface area contributed by atoms with Crippen LogP contribution in [0.15, 0.2) is 34.7 Å². The van der Waals surface area contributed by atoms with Crippen LogP contribution in [0.5, 0.6) is 0 Å². The molecule has 0 spiro atoms. The molecule has 1 aliphatic rings. The summed E-state index contributed by atoms with van der Waals surface area (Å²) in [5.74, 6) is 1.44. The largest absolute Gasteiger partial charge is 0.441 e. The molecule has 0 radical (unpaired) electrons. The summed E-state index contributed by atoms with van der Waals surface area (Å²) in [6.07, 6.45) is 1.06. The summed E-state index contributed by atoms with van der Waals surface area (Å²) in [5.41, 5.74) is 1.74. The molecular weight excluding hydrogens is 226 g/mol. The van der Waals surface area contributed by atoms with E-state index in [1.54, 1.807) is 0 Å². The molecule has 0 saturated heterocycles. The van der Waals surface area contributed by atoms with Crippen molar-refractivity contribution in [1.82, 2.24) is 4.98 Å². The molecule has 0 aliphatic heterocycles. The van der Waals surface area contributed by atoms with Gasteiger partial charge in [-0.2, -0.15) is 0 Å². The molecule has 1 aromatic carbocycles. The number of aliphatic hydroxyl groups excluding tert-OH is 1. The Balaban J connectivity index is 2.03. The van der Waals surface area contributed by atoms with Gasteiger partial charge in [-0.3, -0.25) is 0 Å². The van der Waals surface area contributed by atoms with Gasteiger partial charge in [0.2, 0.25) is 5.89 Å². The molecular formula is C15H17NO2. The third-order valence-electron chi connectivity index (χ3n) is 3.45. The van der Waals surface area contributed by atoms with Crippen molar-refractivity contribution >= 4 is 0 Å². The highest BCUT2D eigenvalue weighted by molar-refractivity contribution is 5.53. The van der Waals surface area contributed by atoms with Crippen LogP contribution in [-0.4, -0.2) is 10.1 Å². The van der Waals surface area contributed by atoms with E-state index in [4.69, 9.17) is 4.42 Å². The quantitative estimate of drug-likeness (QED) is 0.835. The molecule has 3 rings (SSSR count). The molecule has 18 heavy (non-hydrogen) atoms. The van der Waals surface area contributed by atoms with Crippen molar-refractivity contribution in [3.63, 3.8) is 0 Å². The zero-order valence-electron chi connectivity index (χ0n) is 10.7. The van der Waals surface area contributed by atoms with Crippen LogP contribution < -0.4 is 0 Å². The maximum atomic E-state index is 10.1. The van der Waals surface area contributed by atoms with Crippen molar-refractivity contribution in [3.8, 4) is 11.5 Å². The maximum Gasteiger partial charge on any atom is 0.226 e. The van der Waals surface area contributed by atoms with Crippen LogP contribution >= 0.6 is 0 Å². The Hall–Kier alpha value is -1.61. The highest BCUT2D eigenvalue weighted by Crippen LogP contribution is 2.41. The molecule has 1 aromatic heterocycles. The average Bonchev–Trinajstić information content (AvgIpc) is 2.72. The van der Waals surface area contributed by atoms with Crippen molar-refractivity contribution in [2.75, 3.05) is 0 Å². The van der Waals surface area contributed by atoms with Crippen molar-refractivity contribution in [2.45, 2.75) is 32.8 Å². The van der Waals surface area contributed by atoms with Crippen LogP contribution in [0.4, 0.5) is 0 Å². The summed E-state index contributed by atoms with van der Waals surface area (Å²) in [5, 5.41) is 10.1. The highest BCUT2D eigenvalue weighted by Gasteiger charge is 2.35. The molecule has 2 aromatic rings. The van der Waals surface area contributed by atoms with E-state index in [9.17, 15) is 5.11 Å². The molecule has 0 amide bonds. The van der Waals surface area contributed by atoms with Gasteiger partial charge in [0.25, 0.3) is 0 Å². The summed E-state index contributed by atoms with van der Waals surface area (Å²) < 4.78 is 5.83. The minimum Gasteiger partial charge on any atom is -0.441 e. The zero-order valence-corrected chi connectivity index (χ0v) is 10.7. The Kier molecular flexibility index (Phi) is 2.52. The number of aliphatic hydroxyl groups is 1. The molecule has 1 N–H and O–H groups in total. The minimum absolute atomic E-state index is 0.0694. The van der Waals surface area contributed by atoms with Crippen LogP contribution in [-0.2, 0) is 6.42 Å². The molecule has 0 fully saturated rings. The number of nitrogens with zero attached hydrogens (tertiary/aromatic N) is 1. The second-order valence-corrected chi connectivity index (χ2v) is 5.75. The first-order valence-corrected chi connectivity index (χ1v) is 6.28. The molecule has 3 nitrogen and oxygen atoms in total. The van der Waals surface area contributed by atoms with E-state index >= 15 is 0 Å². The lowest BCUT2D eigenvalue weighted by Gasteiger charge is -2.30. The van der Waals surface area contributed by atoms with E-state index in [2.05, 4.69) is 18.8 Å². The fraction of sp³-hybridized carbons (Fsp3) is 0.400. The number of oxazole rings is 1. The predicted octanol–water partition coefficient (Wildman–Crippen LogP) is 3.35. The minimum atomic E-state index is -0.509. The Morgan fingerprint density at radius 1 is 1.28 bits per heavy atom. The normalized spacial score (nSPS) is 21.6. The first-order valence-electron chi connectivity index (χ1n) is 6.28. The fourth-order valence-corrected chi connectivity index (χ4v) is 2.58. The fourth-order valence-electron chi connectivity index (χ4n) is 2.58. The van der Waals surface area contributed by atoms with Crippen molar-refractivity contribution in [2.24, 2.45) is 5.41 Å². The third kappa shape index (κ3) is 1.95. The number of hydrogen-bond acceptors (Lipinski definition) is 3. The van der Waals surface area contributed by atoms with Gasteiger partial charge in [0.15, 0.2) is 0 Å². The number of benzene rings is 1. The standard InChI is InChI=1S/C15H17NO2/c1-15(2)8-11(17)13-12(9-15)18-14(16-13)10-6-4-3-5-7-10/h3-7,11,17H,8-9H2,1-2H3. The Labute approximate surface area is 106 Å². The molecule has 1 aliphatic carbocycles. The van der Waals surface area contributed by atoms with Crippen molar-refractivity contribution in [3.05, 3.63) is 41.8 Å². The molecule has 94 valence electrons. The Morgan fingerprint density at radius 2 is 2.00 bits per heavy atom. The zero-order chi connectivity index (χ0) is 12.8. The molecule has 1 unspecified atom stereocenters. The molecule has 1 heterocycles. The number of fused-ring (bicyclic) bond motifs is 1. The SMILES string of the molecule is CC1(C)Cc2oc(-c3ccccc3)nc2C(O)C1. The smallest absolute Gasteiger partial charge is 0.226 e. The van der Waals surface area contributed by atoms with E-state index in [0.717, 1.165) is 24.2 Å². The topological polar surface area (TPSA) is 46.3 Å². The second kappa shape index (κ2) is 3.95. The predicted molar refractivity (Wildman–Crippen MR) is 69.0 cm³/mol. The van der Waals surface area contributed by atoms with E-state index in [1.165, 1.54) is 0 Å². The highest BCUT2D eigenvalue weighted by atomic mass is 16.4. The lowest BCUT2D eigenvalue weighted by atomic mass is 9.77. The lowest BCUT2D eigenvalue weighted by Crippen LogP contribution is -2.24. The summed E-state index contributed by atoms with van der Waals surface area (Å²) in [4.78, 5) is 4.45. The maximum absolute atomic E-state index is 10.1. The van der Waals surface area contributed by atoms with Gasteiger partial charge < -0.3 is 9.52 Å². The van der Waals surface area contributed by atoms with Gasteiger partial charge in [-0.15, -0.1) is 0 Å². The van der Waals surface area contributed by atoms with Gasteiger partial charge in [0.05, 0.1) is 0 Å². The van der Waals surface area contributed by atoms with Crippen LogP contribution in [0, 0.1) is 5.41 Å². The van der Waals surface area contributed by atoms with E-state index in [0.29, 0.717) is 11.6 Å². The van der Waals surface area contributed by atoms with Gasteiger partial charge in [-0.25, -0.2) is 4.98 Å². The second-order valence-electron chi connectivity index (χ2n) is 5.75. The monoisotopic (exact) mass is 243 g/mol. The van der Waals surface area contributed by atoms with Crippen LogP contribution in [0.1, 0.15) is 37.8 Å².